The smallest absolute Gasteiger partial charge is 0.236 e. The molecular formula is C14H27N3O. The highest BCUT2D eigenvalue weighted by Gasteiger charge is 2.38. The molecule has 3 N–H and O–H groups in total. The number of piperidine rings is 1. The highest BCUT2D eigenvalue weighted by atomic mass is 16.2. The van der Waals surface area contributed by atoms with Gasteiger partial charge >= 0.3 is 0 Å². The van der Waals surface area contributed by atoms with Crippen molar-refractivity contribution in [3.8, 4) is 0 Å². The third kappa shape index (κ3) is 3.04. The van der Waals surface area contributed by atoms with Gasteiger partial charge in [-0.3, -0.25) is 4.79 Å². The number of nitrogens with one attached hydrogen (secondary N) is 1. The van der Waals surface area contributed by atoms with Crippen molar-refractivity contribution in [3.63, 3.8) is 0 Å². The summed E-state index contributed by atoms with van der Waals surface area (Å²) in [5, 5.41) is 3.04. The number of carbonyl (C=O) groups excluding carboxylic acids is 1. The van der Waals surface area contributed by atoms with Crippen LogP contribution in [0.3, 0.4) is 0 Å². The van der Waals surface area contributed by atoms with Crippen LogP contribution in [0.2, 0.25) is 0 Å². The Balaban J connectivity index is 1.73. The predicted molar refractivity (Wildman–Crippen MR) is 73.2 cm³/mol. The second kappa shape index (κ2) is 6.02. The maximum atomic E-state index is 11.8. The first-order valence-electron chi connectivity index (χ1n) is 7.37. The molecule has 0 saturated carbocycles. The third-order valence-corrected chi connectivity index (χ3v) is 4.70. The molecule has 0 aliphatic carbocycles. The standard InChI is InChI=1S/C14H27N3O/c1-3-4-13(15)14(18)16-9-10-7-11-5-6-12(8-10)17(11)2/h10-13H,3-9,15H2,1-2H3,(H,16,18)/t10?,11?,12?,13-/m1/s1. The molecule has 0 aromatic heterocycles. The lowest BCUT2D eigenvalue weighted by molar-refractivity contribution is -0.122. The fourth-order valence-corrected chi connectivity index (χ4v) is 3.51. The molecule has 2 heterocycles. The lowest BCUT2D eigenvalue weighted by Crippen LogP contribution is -2.46. The second-order valence-electron chi connectivity index (χ2n) is 6.03. The first-order valence-corrected chi connectivity index (χ1v) is 7.37. The Morgan fingerprint density at radius 2 is 2.00 bits per heavy atom. The Morgan fingerprint density at radius 1 is 1.39 bits per heavy atom. The maximum absolute atomic E-state index is 11.8. The van der Waals surface area contributed by atoms with Gasteiger partial charge in [0.1, 0.15) is 0 Å². The summed E-state index contributed by atoms with van der Waals surface area (Å²) in [6.07, 6.45) is 6.88. The zero-order chi connectivity index (χ0) is 13.1. The van der Waals surface area contributed by atoms with Gasteiger partial charge in [0.25, 0.3) is 0 Å². The number of nitrogens with two attached hydrogens (primary N) is 1. The van der Waals surface area contributed by atoms with Crippen LogP contribution in [0.1, 0.15) is 45.4 Å². The van der Waals surface area contributed by atoms with Gasteiger partial charge in [-0.05, 0) is 45.1 Å². The van der Waals surface area contributed by atoms with Crippen LogP contribution in [-0.2, 0) is 4.79 Å². The fourth-order valence-electron chi connectivity index (χ4n) is 3.51. The summed E-state index contributed by atoms with van der Waals surface area (Å²) in [7, 11) is 2.24. The van der Waals surface area contributed by atoms with Crippen LogP contribution in [0, 0.1) is 5.92 Å². The van der Waals surface area contributed by atoms with Crippen LogP contribution in [0.25, 0.3) is 0 Å². The lowest BCUT2D eigenvalue weighted by atomic mass is 9.91. The maximum Gasteiger partial charge on any atom is 0.236 e. The zero-order valence-electron chi connectivity index (χ0n) is 11.7. The van der Waals surface area contributed by atoms with Crippen LogP contribution < -0.4 is 11.1 Å². The van der Waals surface area contributed by atoms with Crippen molar-refractivity contribution in [1.82, 2.24) is 10.2 Å². The van der Waals surface area contributed by atoms with E-state index in [1.807, 2.05) is 0 Å². The third-order valence-electron chi connectivity index (χ3n) is 4.70. The molecule has 0 radical (unpaired) electrons. The number of hydrogen-bond donors (Lipinski definition) is 2. The Labute approximate surface area is 110 Å². The van der Waals surface area contributed by atoms with Gasteiger partial charge < -0.3 is 16.0 Å². The molecule has 104 valence electrons. The summed E-state index contributed by atoms with van der Waals surface area (Å²) < 4.78 is 0. The largest absolute Gasteiger partial charge is 0.354 e. The lowest BCUT2D eigenvalue weighted by Gasteiger charge is -2.36. The van der Waals surface area contributed by atoms with E-state index in [1.54, 1.807) is 0 Å². The van der Waals surface area contributed by atoms with E-state index in [0.717, 1.165) is 31.5 Å². The average molecular weight is 253 g/mol. The molecule has 2 aliphatic rings. The van der Waals surface area contributed by atoms with E-state index in [1.165, 1.54) is 25.7 Å². The topological polar surface area (TPSA) is 58.4 Å². The quantitative estimate of drug-likeness (QED) is 0.771. The molecule has 2 bridgehead atoms. The Bertz CT molecular complexity index is 281. The molecule has 2 aliphatic heterocycles. The molecule has 2 saturated heterocycles. The van der Waals surface area contributed by atoms with Crippen molar-refractivity contribution in [3.05, 3.63) is 0 Å². The van der Waals surface area contributed by atoms with Gasteiger partial charge in [-0.15, -0.1) is 0 Å². The van der Waals surface area contributed by atoms with Gasteiger partial charge in [0.15, 0.2) is 0 Å². The van der Waals surface area contributed by atoms with Crippen molar-refractivity contribution < 1.29 is 4.79 Å². The number of carbonyl (C=O) groups is 1. The number of hydrogen-bond acceptors (Lipinski definition) is 3. The summed E-state index contributed by atoms with van der Waals surface area (Å²) in [4.78, 5) is 14.3. The average Bonchev–Trinajstić information content (AvgIpc) is 2.59. The number of nitrogens with zero attached hydrogens (tertiary/aromatic N) is 1. The van der Waals surface area contributed by atoms with Crippen molar-refractivity contribution in [2.45, 2.75) is 63.6 Å². The van der Waals surface area contributed by atoms with Crippen LogP contribution in [-0.4, -0.2) is 42.5 Å². The SMILES string of the molecule is CCC[C@@H](N)C(=O)NCC1CC2CCC(C1)N2C. The van der Waals surface area contributed by atoms with Gasteiger partial charge in [-0.1, -0.05) is 13.3 Å². The molecule has 1 amide bonds. The van der Waals surface area contributed by atoms with Crippen molar-refractivity contribution in [2.24, 2.45) is 11.7 Å². The predicted octanol–water partition coefficient (Wildman–Crippen LogP) is 1.10. The van der Waals surface area contributed by atoms with Crippen molar-refractivity contribution in [2.75, 3.05) is 13.6 Å². The summed E-state index contributed by atoms with van der Waals surface area (Å²) >= 11 is 0. The Morgan fingerprint density at radius 3 is 2.56 bits per heavy atom. The normalized spacial score (nSPS) is 33.4. The summed E-state index contributed by atoms with van der Waals surface area (Å²) in [6.45, 7) is 2.87. The minimum Gasteiger partial charge on any atom is -0.354 e. The molecule has 0 aromatic carbocycles. The summed E-state index contributed by atoms with van der Waals surface area (Å²) in [5.41, 5.74) is 5.81. The van der Waals surface area contributed by atoms with Crippen molar-refractivity contribution in [1.29, 1.82) is 0 Å². The fraction of sp³-hybridized carbons (Fsp3) is 0.929. The van der Waals surface area contributed by atoms with E-state index < -0.39 is 0 Å². The molecule has 4 nitrogen and oxygen atoms in total. The minimum absolute atomic E-state index is 0.0307. The molecule has 2 unspecified atom stereocenters. The first-order chi connectivity index (χ1) is 8.61. The van der Waals surface area contributed by atoms with E-state index in [2.05, 4.69) is 24.2 Å². The molecule has 0 aromatic rings. The van der Waals surface area contributed by atoms with Crippen molar-refractivity contribution >= 4 is 5.91 Å². The zero-order valence-corrected chi connectivity index (χ0v) is 11.7. The van der Waals surface area contributed by atoms with E-state index >= 15 is 0 Å². The highest BCUT2D eigenvalue weighted by molar-refractivity contribution is 5.81. The van der Waals surface area contributed by atoms with Gasteiger partial charge in [0.2, 0.25) is 5.91 Å². The highest BCUT2D eigenvalue weighted by Crippen LogP contribution is 2.36. The van der Waals surface area contributed by atoms with E-state index in [9.17, 15) is 4.79 Å². The van der Waals surface area contributed by atoms with Crippen LogP contribution >= 0.6 is 0 Å². The number of fused-ring (bicyclic) bond motifs is 2. The van der Waals surface area contributed by atoms with Gasteiger partial charge in [0, 0.05) is 18.6 Å². The number of rotatable bonds is 5. The van der Waals surface area contributed by atoms with E-state index in [-0.39, 0.29) is 11.9 Å². The molecule has 3 atom stereocenters. The molecule has 4 heteroatoms. The van der Waals surface area contributed by atoms with E-state index in [4.69, 9.17) is 5.73 Å². The molecule has 18 heavy (non-hydrogen) atoms. The Hall–Kier alpha value is -0.610. The molecular weight excluding hydrogens is 226 g/mol. The molecule has 2 rings (SSSR count). The van der Waals surface area contributed by atoms with Crippen LogP contribution in [0.4, 0.5) is 0 Å². The Kier molecular flexibility index (Phi) is 4.62. The first kappa shape index (κ1) is 13.8. The molecule has 0 spiro atoms. The minimum atomic E-state index is -0.321. The van der Waals surface area contributed by atoms with Gasteiger partial charge in [-0.25, -0.2) is 0 Å². The second-order valence-corrected chi connectivity index (χ2v) is 6.03. The van der Waals surface area contributed by atoms with Gasteiger partial charge in [-0.2, -0.15) is 0 Å². The molecule has 2 fully saturated rings. The monoisotopic (exact) mass is 253 g/mol. The van der Waals surface area contributed by atoms with E-state index in [0.29, 0.717) is 5.92 Å². The van der Waals surface area contributed by atoms with Gasteiger partial charge in [0.05, 0.1) is 6.04 Å². The number of amides is 1. The van der Waals surface area contributed by atoms with Crippen LogP contribution in [0.15, 0.2) is 0 Å². The summed E-state index contributed by atoms with van der Waals surface area (Å²) in [5.74, 6) is 0.680. The van der Waals surface area contributed by atoms with Crippen LogP contribution in [0.5, 0.6) is 0 Å². The summed E-state index contributed by atoms with van der Waals surface area (Å²) in [6, 6.07) is 1.17.